The number of aromatic nitrogens is 2. The Morgan fingerprint density at radius 3 is 2.50 bits per heavy atom. The molecule has 1 aromatic heterocycles. The normalized spacial score (nSPS) is 17.5. The van der Waals surface area contributed by atoms with E-state index in [1.165, 1.54) is 24.8 Å². The molecular weight excluding hydrogens is 248 g/mol. The van der Waals surface area contributed by atoms with Crippen molar-refractivity contribution in [2.45, 2.75) is 53.4 Å². The molecule has 1 fully saturated rings. The SMILES string of the molecule is CCNc1ncnc(N2CCC(CC)(CC)C2)c1CC. The van der Waals surface area contributed by atoms with E-state index >= 15 is 0 Å². The number of nitrogens with zero attached hydrogens (tertiary/aromatic N) is 3. The highest BCUT2D eigenvalue weighted by molar-refractivity contribution is 5.59. The van der Waals surface area contributed by atoms with Gasteiger partial charge in [0.2, 0.25) is 0 Å². The molecule has 0 radical (unpaired) electrons. The topological polar surface area (TPSA) is 41.1 Å². The first-order valence-corrected chi connectivity index (χ1v) is 8.02. The summed E-state index contributed by atoms with van der Waals surface area (Å²) >= 11 is 0. The second kappa shape index (κ2) is 6.42. The van der Waals surface area contributed by atoms with Crippen molar-refractivity contribution in [2.75, 3.05) is 29.9 Å². The number of rotatable bonds is 6. The van der Waals surface area contributed by atoms with Crippen molar-refractivity contribution in [3.8, 4) is 0 Å². The van der Waals surface area contributed by atoms with Crippen LogP contribution < -0.4 is 10.2 Å². The fourth-order valence-electron chi connectivity index (χ4n) is 3.26. The maximum atomic E-state index is 4.58. The zero-order valence-corrected chi connectivity index (χ0v) is 13.4. The summed E-state index contributed by atoms with van der Waals surface area (Å²) in [6.07, 6.45) is 6.47. The van der Waals surface area contributed by atoms with Gasteiger partial charge < -0.3 is 10.2 Å². The summed E-state index contributed by atoms with van der Waals surface area (Å²) in [6.45, 7) is 12.1. The van der Waals surface area contributed by atoms with Gasteiger partial charge in [0.15, 0.2) is 0 Å². The molecule has 0 spiro atoms. The van der Waals surface area contributed by atoms with E-state index < -0.39 is 0 Å². The molecule has 1 N–H and O–H groups in total. The van der Waals surface area contributed by atoms with Crippen LogP contribution in [0.15, 0.2) is 6.33 Å². The van der Waals surface area contributed by atoms with Crippen LogP contribution in [0, 0.1) is 5.41 Å². The van der Waals surface area contributed by atoms with Crippen molar-refractivity contribution < 1.29 is 0 Å². The lowest BCUT2D eigenvalue weighted by Gasteiger charge is -2.27. The Morgan fingerprint density at radius 2 is 1.95 bits per heavy atom. The van der Waals surface area contributed by atoms with E-state index in [1.54, 1.807) is 6.33 Å². The van der Waals surface area contributed by atoms with Gasteiger partial charge in [0.05, 0.1) is 0 Å². The summed E-state index contributed by atoms with van der Waals surface area (Å²) in [5, 5.41) is 3.36. The predicted molar refractivity (Wildman–Crippen MR) is 85.4 cm³/mol. The summed E-state index contributed by atoms with van der Waals surface area (Å²) in [7, 11) is 0. The Kier molecular flexibility index (Phi) is 4.84. The second-order valence-corrected chi connectivity index (χ2v) is 5.79. The van der Waals surface area contributed by atoms with Crippen LogP contribution in [-0.2, 0) is 6.42 Å². The first-order chi connectivity index (χ1) is 9.69. The van der Waals surface area contributed by atoms with Gasteiger partial charge in [0.25, 0.3) is 0 Å². The van der Waals surface area contributed by atoms with E-state index in [4.69, 9.17) is 0 Å². The molecule has 0 saturated carbocycles. The van der Waals surface area contributed by atoms with Crippen LogP contribution in [0.5, 0.6) is 0 Å². The second-order valence-electron chi connectivity index (χ2n) is 5.79. The van der Waals surface area contributed by atoms with Gasteiger partial charge in [-0.25, -0.2) is 9.97 Å². The van der Waals surface area contributed by atoms with Crippen molar-refractivity contribution in [1.29, 1.82) is 0 Å². The zero-order valence-electron chi connectivity index (χ0n) is 13.4. The quantitative estimate of drug-likeness (QED) is 0.863. The minimum atomic E-state index is 0.480. The Labute approximate surface area is 123 Å². The molecular formula is C16H28N4. The van der Waals surface area contributed by atoms with Gasteiger partial charge >= 0.3 is 0 Å². The van der Waals surface area contributed by atoms with Crippen molar-refractivity contribution in [1.82, 2.24) is 9.97 Å². The third kappa shape index (κ3) is 2.74. The van der Waals surface area contributed by atoms with E-state index in [9.17, 15) is 0 Å². The van der Waals surface area contributed by atoms with Crippen LogP contribution in [0.3, 0.4) is 0 Å². The van der Waals surface area contributed by atoms with E-state index in [0.29, 0.717) is 5.41 Å². The van der Waals surface area contributed by atoms with Gasteiger partial charge in [-0.05, 0) is 38.0 Å². The number of nitrogens with one attached hydrogen (secondary N) is 1. The molecule has 112 valence electrons. The third-order valence-electron chi connectivity index (χ3n) is 4.86. The lowest BCUT2D eigenvalue weighted by molar-refractivity contribution is 0.301. The first kappa shape index (κ1) is 15.1. The zero-order chi connectivity index (χ0) is 14.6. The minimum Gasteiger partial charge on any atom is -0.370 e. The van der Waals surface area contributed by atoms with Crippen LogP contribution in [0.2, 0.25) is 0 Å². The van der Waals surface area contributed by atoms with Crippen molar-refractivity contribution in [3.63, 3.8) is 0 Å². The molecule has 1 aliphatic rings. The molecule has 1 aliphatic heterocycles. The molecule has 20 heavy (non-hydrogen) atoms. The summed E-state index contributed by atoms with van der Waals surface area (Å²) in [4.78, 5) is 11.4. The number of hydrogen-bond donors (Lipinski definition) is 1. The number of hydrogen-bond acceptors (Lipinski definition) is 4. The highest BCUT2D eigenvalue weighted by Gasteiger charge is 2.36. The fraction of sp³-hybridized carbons (Fsp3) is 0.750. The first-order valence-electron chi connectivity index (χ1n) is 8.02. The van der Waals surface area contributed by atoms with Gasteiger partial charge in [0.1, 0.15) is 18.0 Å². The largest absolute Gasteiger partial charge is 0.370 e. The Morgan fingerprint density at radius 1 is 1.20 bits per heavy atom. The van der Waals surface area contributed by atoms with Gasteiger partial charge in [-0.3, -0.25) is 0 Å². The third-order valence-corrected chi connectivity index (χ3v) is 4.86. The van der Waals surface area contributed by atoms with Gasteiger partial charge in [0, 0.05) is 25.2 Å². The maximum absolute atomic E-state index is 4.58. The molecule has 0 aromatic carbocycles. The van der Waals surface area contributed by atoms with Crippen LogP contribution in [-0.4, -0.2) is 29.6 Å². The van der Waals surface area contributed by atoms with Crippen LogP contribution in [0.25, 0.3) is 0 Å². The van der Waals surface area contributed by atoms with E-state index in [2.05, 4.69) is 47.9 Å². The van der Waals surface area contributed by atoms with Crippen molar-refractivity contribution in [3.05, 3.63) is 11.9 Å². The van der Waals surface area contributed by atoms with Crippen LogP contribution >= 0.6 is 0 Å². The van der Waals surface area contributed by atoms with Gasteiger partial charge in [-0.15, -0.1) is 0 Å². The Balaban J connectivity index is 2.27. The van der Waals surface area contributed by atoms with E-state index in [0.717, 1.165) is 37.7 Å². The lowest BCUT2D eigenvalue weighted by Crippen LogP contribution is -2.28. The van der Waals surface area contributed by atoms with Crippen LogP contribution in [0.1, 0.15) is 52.5 Å². The summed E-state index contributed by atoms with van der Waals surface area (Å²) in [6, 6.07) is 0. The predicted octanol–water partition coefficient (Wildman–Crippen LogP) is 3.49. The summed E-state index contributed by atoms with van der Waals surface area (Å²) in [5.41, 5.74) is 1.74. The number of anilines is 2. The van der Waals surface area contributed by atoms with Gasteiger partial charge in [-0.1, -0.05) is 20.8 Å². The molecule has 0 atom stereocenters. The Bertz CT molecular complexity index is 440. The lowest BCUT2D eigenvalue weighted by atomic mass is 9.82. The van der Waals surface area contributed by atoms with Crippen molar-refractivity contribution >= 4 is 11.6 Å². The minimum absolute atomic E-state index is 0.480. The van der Waals surface area contributed by atoms with Crippen LogP contribution in [0.4, 0.5) is 11.6 Å². The van der Waals surface area contributed by atoms with E-state index in [-0.39, 0.29) is 0 Å². The smallest absolute Gasteiger partial charge is 0.137 e. The molecule has 2 rings (SSSR count). The highest BCUT2D eigenvalue weighted by Crippen LogP contribution is 2.39. The molecule has 0 unspecified atom stereocenters. The average molecular weight is 276 g/mol. The van der Waals surface area contributed by atoms with Crippen molar-refractivity contribution in [2.24, 2.45) is 5.41 Å². The molecule has 0 amide bonds. The monoisotopic (exact) mass is 276 g/mol. The van der Waals surface area contributed by atoms with Gasteiger partial charge in [-0.2, -0.15) is 0 Å². The Hall–Kier alpha value is -1.32. The summed E-state index contributed by atoms with van der Waals surface area (Å²) in [5.74, 6) is 2.15. The molecule has 2 heterocycles. The molecule has 0 bridgehead atoms. The molecule has 4 nitrogen and oxygen atoms in total. The highest BCUT2D eigenvalue weighted by atomic mass is 15.2. The standard InChI is InChI=1S/C16H28N4/c1-5-13-14(17-8-4)18-12-19-15(13)20-10-9-16(6-2,7-3)11-20/h12H,5-11H2,1-4H3,(H,17,18,19). The molecule has 4 heteroatoms. The molecule has 0 aliphatic carbocycles. The fourth-order valence-corrected chi connectivity index (χ4v) is 3.26. The molecule has 1 aromatic rings. The summed E-state index contributed by atoms with van der Waals surface area (Å²) < 4.78 is 0. The maximum Gasteiger partial charge on any atom is 0.137 e. The molecule has 1 saturated heterocycles. The average Bonchev–Trinajstić information content (AvgIpc) is 2.92. The van der Waals surface area contributed by atoms with E-state index in [1.807, 2.05) is 0 Å².